The van der Waals surface area contributed by atoms with E-state index in [4.69, 9.17) is 0 Å². The highest BCUT2D eigenvalue weighted by molar-refractivity contribution is 7.19. The van der Waals surface area contributed by atoms with E-state index in [1.807, 2.05) is 0 Å². The first-order valence-electron chi connectivity index (χ1n) is 6.93. The zero-order chi connectivity index (χ0) is 14.4. The van der Waals surface area contributed by atoms with E-state index in [9.17, 15) is 9.50 Å². The maximum absolute atomic E-state index is 13.4. The van der Waals surface area contributed by atoms with Crippen molar-refractivity contribution in [2.45, 2.75) is 31.6 Å². The average Bonchev–Trinajstić information content (AvgIpc) is 3.15. The second kappa shape index (κ2) is 4.77. The number of phenolic OH excluding ortho intramolecular Hbond substituents is 1. The van der Waals surface area contributed by atoms with Gasteiger partial charge < -0.3 is 5.11 Å². The van der Waals surface area contributed by atoms with E-state index in [0.29, 0.717) is 21.4 Å². The Kier molecular flexibility index (Phi) is 2.88. The molecule has 2 aromatic heterocycles. The molecule has 4 rings (SSSR count). The Morgan fingerprint density at radius 1 is 1.24 bits per heavy atom. The van der Waals surface area contributed by atoms with Gasteiger partial charge in [0.05, 0.1) is 5.56 Å². The van der Waals surface area contributed by atoms with Gasteiger partial charge in [0.1, 0.15) is 11.6 Å². The molecule has 3 aromatic rings. The predicted molar refractivity (Wildman–Crippen MR) is 76.9 cm³/mol. The highest BCUT2D eigenvalue weighted by atomic mass is 32.1. The predicted octanol–water partition coefficient (Wildman–Crippen LogP) is 3.36. The quantitative estimate of drug-likeness (QED) is 0.788. The van der Waals surface area contributed by atoms with E-state index in [1.165, 1.54) is 42.4 Å². The third-order valence-corrected chi connectivity index (χ3v) is 4.86. The van der Waals surface area contributed by atoms with Gasteiger partial charge in [-0.25, -0.2) is 4.39 Å². The summed E-state index contributed by atoms with van der Waals surface area (Å²) in [5.74, 6) is 0.894. The molecule has 5 nitrogen and oxygen atoms in total. The maximum atomic E-state index is 13.4. The fourth-order valence-corrected chi connectivity index (χ4v) is 3.73. The van der Waals surface area contributed by atoms with Gasteiger partial charge in [-0.3, -0.25) is 0 Å². The topological polar surface area (TPSA) is 63.3 Å². The van der Waals surface area contributed by atoms with Crippen LogP contribution in [0.2, 0.25) is 0 Å². The van der Waals surface area contributed by atoms with Gasteiger partial charge >= 0.3 is 0 Å². The normalized spacial score (nSPS) is 16.0. The second-order valence-corrected chi connectivity index (χ2v) is 6.26. The molecule has 0 aliphatic heterocycles. The highest BCUT2D eigenvalue weighted by Crippen LogP contribution is 2.36. The van der Waals surface area contributed by atoms with Crippen molar-refractivity contribution in [3.8, 4) is 16.3 Å². The van der Waals surface area contributed by atoms with Crippen LogP contribution in [-0.4, -0.2) is 24.9 Å². The summed E-state index contributed by atoms with van der Waals surface area (Å²) in [6, 6.07) is 3.85. The van der Waals surface area contributed by atoms with E-state index in [1.54, 1.807) is 4.52 Å². The van der Waals surface area contributed by atoms with Crippen molar-refractivity contribution in [2.24, 2.45) is 0 Å². The lowest BCUT2D eigenvalue weighted by molar-refractivity contribution is 0.475. The van der Waals surface area contributed by atoms with Crippen molar-refractivity contribution in [2.75, 3.05) is 0 Å². The van der Waals surface area contributed by atoms with Gasteiger partial charge in [-0.05, 0) is 31.0 Å². The molecule has 0 bridgehead atoms. The van der Waals surface area contributed by atoms with Gasteiger partial charge in [0, 0.05) is 5.92 Å². The van der Waals surface area contributed by atoms with Crippen LogP contribution in [0.5, 0.6) is 5.75 Å². The van der Waals surface area contributed by atoms with Crippen molar-refractivity contribution in [3.05, 3.63) is 29.8 Å². The molecule has 0 unspecified atom stereocenters. The van der Waals surface area contributed by atoms with Gasteiger partial charge in [0.25, 0.3) is 0 Å². The van der Waals surface area contributed by atoms with Gasteiger partial charge in [-0.15, -0.1) is 10.2 Å². The van der Waals surface area contributed by atoms with Crippen LogP contribution in [0.4, 0.5) is 4.39 Å². The molecular weight excluding hydrogens is 291 g/mol. The second-order valence-electron chi connectivity index (χ2n) is 5.30. The Bertz CT molecular complexity index is 807. The Morgan fingerprint density at radius 2 is 2.05 bits per heavy atom. The van der Waals surface area contributed by atoms with Gasteiger partial charge in [-0.2, -0.15) is 9.61 Å². The number of hydrogen-bond acceptors (Lipinski definition) is 5. The van der Waals surface area contributed by atoms with Crippen LogP contribution in [0.25, 0.3) is 15.5 Å². The van der Waals surface area contributed by atoms with E-state index in [-0.39, 0.29) is 5.75 Å². The lowest BCUT2D eigenvalue weighted by atomic mass is 10.1. The van der Waals surface area contributed by atoms with Crippen LogP contribution >= 0.6 is 11.3 Å². The van der Waals surface area contributed by atoms with E-state index in [0.717, 1.165) is 18.7 Å². The minimum Gasteiger partial charge on any atom is -0.507 e. The molecule has 1 aliphatic rings. The Balaban J connectivity index is 1.82. The molecule has 1 saturated carbocycles. The Labute approximate surface area is 124 Å². The third kappa shape index (κ3) is 2.08. The average molecular weight is 304 g/mol. The zero-order valence-corrected chi connectivity index (χ0v) is 12.0. The molecule has 0 spiro atoms. The number of aromatic nitrogens is 4. The number of fused-ring (bicyclic) bond motifs is 1. The Morgan fingerprint density at radius 3 is 2.86 bits per heavy atom. The molecular formula is C14H13FN4OS. The van der Waals surface area contributed by atoms with Gasteiger partial charge in [-0.1, -0.05) is 24.2 Å². The molecule has 1 aromatic carbocycles. The minimum absolute atomic E-state index is 0.0174. The molecule has 0 radical (unpaired) electrons. The van der Waals surface area contributed by atoms with Crippen LogP contribution < -0.4 is 0 Å². The lowest BCUT2D eigenvalue weighted by Gasteiger charge is -2.03. The summed E-state index contributed by atoms with van der Waals surface area (Å²) >= 11 is 1.30. The summed E-state index contributed by atoms with van der Waals surface area (Å²) in [5.41, 5.74) is 0.392. The maximum Gasteiger partial charge on any atom is 0.234 e. The highest BCUT2D eigenvalue weighted by Gasteiger charge is 2.24. The van der Waals surface area contributed by atoms with Gasteiger partial charge in [0.2, 0.25) is 4.96 Å². The SMILES string of the molecule is Oc1ccc(F)cc1-c1nn2c(C3CCCC3)nnc2s1. The lowest BCUT2D eigenvalue weighted by Crippen LogP contribution is -2.01. The number of aromatic hydroxyl groups is 1. The monoisotopic (exact) mass is 304 g/mol. The van der Waals surface area contributed by atoms with Crippen molar-refractivity contribution in [1.82, 2.24) is 19.8 Å². The molecule has 0 amide bonds. The zero-order valence-electron chi connectivity index (χ0n) is 11.2. The first kappa shape index (κ1) is 12.7. The van der Waals surface area contributed by atoms with Crippen LogP contribution in [0.1, 0.15) is 37.4 Å². The minimum atomic E-state index is -0.398. The summed E-state index contributed by atoms with van der Waals surface area (Å²) in [7, 11) is 0. The first-order chi connectivity index (χ1) is 10.2. The van der Waals surface area contributed by atoms with Crippen molar-refractivity contribution in [1.29, 1.82) is 0 Å². The molecule has 2 heterocycles. The first-order valence-corrected chi connectivity index (χ1v) is 7.75. The van der Waals surface area contributed by atoms with Crippen LogP contribution in [0.3, 0.4) is 0 Å². The van der Waals surface area contributed by atoms with Gasteiger partial charge in [0.15, 0.2) is 10.8 Å². The molecule has 108 valence electrons. The van der Waals surface area contributed by atoms with Crippen molar-refractivity contribution < 1.29 is 9.50 Å². The fraction of sp³-hybridized carbons (Fsp3) is 0.357. The molecule has 1 fully saturated rings. The molecule has 0 saturated heterocycles. The molecule has 7 heteroatoms. The number of benzene rings is 1. The Hall–Kier alpha value is -2.02. The summed E-state index contributed by atoms with van der Waals surface area (Å²) in [4.78, 5) is 0.676. The summed E-state index contributed by atoms with van der Waals surface area (Å²) in [5, 5.41) is 23.3. The largest absolute Gasteiger partial charge is 0.507 e. The van der Waals surface area contributed by atoms with Crippen LogP contribution in [0.15, 0.2) is 18.2 Å². The fourth-order valence-electron chi connectivity index (χ4n) is 2.86. The van der Waals surface area contributed by atoms with E-state index in [2.05, 4.69) is 15.3 Å². The summed E-state index contributed by atoms with van der Waals surface area (Å²) in [6.45, 7) is 0. The van der Waals surface area contributed by atoms with Crippen molar-refractivity contribution >= 4 is 16.3 Å². The number of hydrogen-bond donors (Lipinski definition) is 1. The number of nitrogens with zero attached hydrogens (tertiary/aromatic N) is 4. The summed E-state index contributed by atoms with van der Waals surface area (Å²) < 4.78 is 15.1. The molecule has 1 aliphatic carbocycles. The number of phenols is 1. The van der Waals surface area contributed by atoms with Crippen molar-refractivity contribution in [3.63, 3.8) is 0 Å². The van der Waals surface area contributed by atoms with E-state index >= 15 is 0 Å². The molecule has 1 N–H and O–H groups in total. The summed E-state index contributed by atoms with van der Waals surface area (Å²) in [6.07, 6.45) is 4.64. The smallest absolute Gasteiger partial charge is 0.234 e. The number of rotatable bonds is 2. The third-order valence-electron chi connectivity index (χ3n) is 3.92. The van der Waals surface area contributed by atoms with E-state index < -0.39 is 5.82 Å². The standard InChI is InChI=1S/C14H13FN4OS/c15-9-5-6-11(20)10(7-9)13-18-19-12(8-3-1-2-4-8)16-17-14(19)21-13/h5-8,20H,1-4H2. The molecule has 0 atom stereocenters. The van der Waals surface area contributed by atoms with Crippen LogP contribution in [0, 0.1) is 5.82 Å². The number of halogens is 1. The van der Waals surface area contributed by atoms with Crippen LogP contribution in [-0.2, 0) is 0 Å². The molecule has 21 heavy (non-hydrogen) atoms.